The number of amides is 1. The van der Waals surface area contributed by atoms with E-state index in [1.54, 1.807) is 19.4 Å². The second kappa shape index (κ2) is 5.35. The van der Waals surface area contributed by atoms with Crippen molar-refractivity contribution in [3.63, 3.8) is 0 Å². The smallest absolute Gasteiger partial charge is 0.255 e. The highest BCUT2D eigenvalue weighted by molar-refractivity contribution is 5.96. The zero-order valence-corrected chi connectivity index (χ0v) is 10.8. The fraction of sp³-hybridized carbons (Fsp3) is 0.538. The molecule has 1 aliphatic rings. The molecule has 1 unspecified atom stereocenters. The Kier molecular flexibility index (Phi) is 3.81. The summed E-state index contributed by atoms with van der Waals surface area (Å²) < 4.78 is 5.13. The Balaban J connectivity index is 2.10. The molecule has 5 nitrogen and oxygen atoms in total. The van der Waals surface area contributed by atoms with Gasteiger partial charge in [-0.05, 0) is 19.4 Å². The standard InChI is InChI=1S/C13H19N3O2/c1-9-12(5-11(14)6-15-9)13(17)16-4-3-10(7-16)8-18-2/h5-6,10H,3-4,7-8,14H2,1-2H3. The molecule has 18 heavy (non-hydrogen) atoms. The molecular formula is C13H19N3O2. The van der Waals surface area contributed by atoms with Gasteiger partial charge in [0, 0.05) is 26.1 Å². The Morgan fingerprint density at radius 2 is 2.44 bits per heavy atom. The maximum Gasteiger partial charge on any atom is 0.255 e. The molecule has 1 aliphatic heterocycles. The van der Waals surface area contributed by atoms with E-state index >= 15 is 0 Å². The van der Waals surface area contributed by atoms with Gasteiger partial charge in [0.05, 0.1) is 29.7 Å². The Hall–Kier alpha value is -1.62. The summed E-state index contributed by atoms with van der Waals surface area (Å²) in [5, 5.41) is 0. The van der Waals surface area contributed by atoms with Gasteiger partial charge in [0.25, 0.3) is 5.91 Å². The number of pyridine rings is 1. The first-order valence-corrected chi connectivity index (χ1v) is 6.12. The first-order chi connectivity index (χ1) is 8.61. The van der Waals surface area contributed by atoms with Crippen molar-refractivity contribution in [2.24, 2.45) is 5.92 Å². The Morgan fingerprint density at radius 1 is 1.67 bits per heavy atom. The zero-order chi connectivity index (χ0) is 13.1. The molecule has 1 atom stereocenters. The van der Waals surface area contributed by atoms with E-state index in [2.05, 4.69) is 4.98 Å². The summed E-state index contributed by atoms with van der Waals surface area (Å²) in [5.41, 5.74) is 7.54. The van der Waals surface area contributed by atoms with E-state index < -0.39 is 0 Å². The van der Waals surface area contributed by atoms with E-state index in [0.29, 0.717) is 23.8 Å². The molecule has 0 aromatic carbocycles. The van der Waals surface area contributed by atoms with Crippen LogP contribution in [0.1, 0.15) is 22.5 Å². The molecule has 0 spiro atoms. The number of nitrogens with zero attached hydrogens (tertiary/aromatic N) is 2. The molecule has 0 aliphatic carbocycles. The number of aryl methyl sites for hydroxylation is 1. The van der Waals surface area contributed by atoms with Crippen molar-refractivity contribution >= 4 is 11.6 Å². The fourth-order valence-corrected chi connectivity index (χ4v) is 2.32. The van der Waals surface area contributed by atoms with E-state index in [4.69, 9.17) is 10.5 Å². The molecule has 2 N–H and O–H groups in total. The Morgan fingerprint density at radius 3 is 3.17 bits per heavy atom. The van der Waals surface area contributed by atoms with Gasteiger partial charge in [-0.3, -0.25) is 9.78 Å². The van der Waals surface area contributed by atoms with Crippen LogP contribution in [-0.2, 0) is 4.74 Å². The molecule has 2 heterocycles. The summed E-state index contributed by atoms with van der Waals surface area (Å²) >= 11 is 0. The van der Waals surface area contributed by atoms with E-state index in [1.807, 2.05) is 11.8 Å². The highest BCUT2D eigenvalue weighted by atomic mass is 16.5. The highest BCUT2D eigenvalue weighted by Crippen LogP contribution is 2.20. The first kappa shape index (κ1) is 12.8. The molecule has 2 rings (SSSR count). The van der Waals surface area contributed by atoms with Gasteiger partial charge in [-0.2, -0.15) is 0 Å². The third-order valence-corrected chi connectivity index (χ3v) is 3.31. The number of carbonyl (C=O) groups is 1. The topological polar surface area (TPSA) is 68.5 Å². The summed E-state index contributed by atoms with van der Waals surface area (Å²) in [6.45, 7) is 4.06. The van der Waals surface area contributed by atoms with Crippen LogP contribution in [0.4, 0.5) is 5.69 Å². The fourth-order valence-electron chi connectivity index (χ4n) is 2.32. The number of methoxy groups -OCH3 is 1. The minimum atomic E-state index is 0.0194. The number of rotatable bonds is 3. The maximum absolute atomic E-state index is 12.4. The van der Waals surface area contributed by atoms with Crippen molar-refractivity contribution < 1.29 is 9.53 Å². The monoisotopic (exact) mass is 249 g/mol. The normalized spacial score (nSPS) is 19.2. The van der Waals surface area contributed by atoms with Crippen molar-refractivity contribution in [1.29, 1.82) is 0 Å². The molecular weight excluding hydrogens is 230 g/mol. The van der Waals surface area contributed by atoms with Gasteiger partial charge < -0.3 is 15.4 Å². The van der Waals surface area contributed by atoms with E-state index in [9.17, 15) is 4.79 Å². The molecule has 0 radical (unpaired) electrons. The van der Waals surface area contributed by atoms with Crippen molar-refractivity contribution in [1.82, 2.24) is 9.88 Å². The molecule has 98 valence electrons. The summed E-state index contributed by atoms with van der Waals surface area (Å²) in [7, 11) is 1.69. The Labute approximate surface area is 107 Å². The van der Waals surface area contributed by atoms with Crippen LogP contribution >= 0.6 is 0 Å². The van der Waals surface area contributed by atoms with Crippen molar-refractivity contribution in [3.8, 4) is 0 Å². The minimum absolute atomic E-state index is 0.0194. The van der Waals surface area contributed by atoms with Crippen LogP contribution in [0, 0.1) is 12.8 Å². The van der Waals surface area contributed by atoms with Gasteiger partial charge in [0.2, 0.25) is 0 Å². The van der Waals surface area contributed by atoms with Crippen molar-refractivity contribution in [2.45, 2.75) is 13.3 Å². The predicted octanol–water partition coefficient (Wildman–Crippen LogP) is 1.08. The molecule has 1 fully saturated rings. The number of nitrogen functional groups attached to an aromatic ring is 1. The van der Waals surface area contributed by atoms with Crippen LogP contribution < -0.4 is 5.73 Å². The first-order valence-electron chi connectivity index (χ1n) is 6.12. The number of hydrogen-bond acceptors (Lipinski definition) is 4. The average Bonchev–Trinajstić information content (AvgIpc) is 2.80. The minimum Gasteiger partial charge on any atom is -0.397 e. The van der Waals surface area contributed by atoms with Gasteiger partial charge in [0.15, 0.2) is 0 Å². The van der Waals surface area contributed by atoms with Gasteiger partial charge in [0.1, 0.15) is 0 Å². The number of carbonyl (C=O) groups excluding carboxylic acids is 1. The number of anilines is 1. The van der Waals surface area contributed by atoms with Crippen molar-refractivity contribution in [3.05, 3.63) is 23.5 Å². The lowest BCUT2D eigenvalue weighted by Crippen LogP contribution is -2.30. The molecule has 1 aromatic heterocycles. The van der Waals surface area contributed by atoms with Crippen LogP contribution in [-0.4, -0.2) is 42.6 Å². The lowest BCUT2D eigenvalue weighted by atomic mass is 10.1. The number of likely N-dealkylation sites (tertiary alicyclic amines) is 1. The van der Waals surface area contributed by atoms with Gasteiger partial charge in [-0.15, -0.1) is 0 Å². The summed E-state index contributed by atoms with van der Waals surface area (Å²) in [6, 6.07) is 1.70. The second-order valence-electron chi connectivity index (χ2n) is 4.76. The van der Waals surface area contributed by atoms with Crippen LogP contribution in [0.2, 0.25) is 0 Å². The number of hydrogen-bond donors (Lipinski definition) is 1. The summed E-state index contributed by atoms with van der Waals surface area (Å²) in [5.74, 6) is 0.458. The molecule has 5 heteroatoms. The number of aromatic nitrogens is 1. The predicted molar refractivity (Wildman–Crippen MR) is 69.3 cm³/mol. The highest BCUT2D eigenvalue weighted by Gasteiger charge is 2.27. The number of nitrogens with two attached hydrogens (primary N) is 1. The third-order valence-electron chi connectivity index (χ3n) is 3.31. The largest absolute Gasteiger partial charge is 0.397 e. The lowest BCUT2D eigenvalue weighted by Gasteiger charge is -2.17. The van der Waals surface area contributed by atoms with E-state index in [-0.39, 0.29) is 5.91 Å². The van der Waals surface area contributed by atoms with Crippen LogP contribution in [0.25, 0.3) is 0 Å². The van der Waals surface area contributed by atoms with E-state index in [0.717, 1.165) is 25.2 Å². The molecule has 0 saturated carbocycles. The maximum atomic E-state index is 12.4. The van der Waals surface area contributed by atoms with Gasteiger partial charge >= 0.3 is 0 Å². The van der Waals surface area contributed by atoms with Crippen LogP contribution in [0.15, 0.2) is 12.3 Å². The third kappa shape index (κ3) is 2.61. The van der Waals surface area contributed by atoms with Gasteiger partial charge in [-0.25, -0.2) is 0 Å². The average molecular weight is 249 g/mol. The molecule has 1 amide bonds. The second-order valence-corrected chi connectivity index (χ2v) is 4.76. The van der Waals surface area contributed by atoms with E-state index in [1.165, 1.54) is 0 Å². The molecule has 1 saturated heterocycles. The Bertz CT molecular complexity index is 448. The van der Waals surface area contributed by atoms with Crippen LogP contribution in [0.5, 0.6) is 0 Å². The van der Waals surface area contributed by atoms with Crippen molar-refractivity contribution in [2.75, 3.05) is 32.5 Å². The summed E-state index contributed by atoms with van der Waals surface area (Å²) in [6.07, 6.45) is 2.57. The lowest BCUT2D eigenvalue weighted by molar-refractivity contribution is 0.0774. The van der Waals surface area contributed by atoms with Gasteiger partial charge in [-0.1, -0.05) is 0 Å². The number of ether oxygens (including phenoxy) is 1. The quantitative estimate of drug-likeness (QED) is 0.870. The summed E-state index contributed by atoms with van der Waals surface area (Å²) in [4.78, 5) is 18.3. The SMILES string of the molecule is COCC1CCN(C(=O)c2cc(N)cnc2C)C1. The van der Waals surface area contributed by atoms with Crippen LogP contribution in [0.3, 0.4) is 0 Å². The molecule has 1 aromatic rings. The molecule has 0 bridgehead atoms. The zero-order valence-electron chi connectivity index (χ0n) is 10.8.